The molecule has 110 valence electrons. The first-order valence-corrected chi connectivity index (χ1v) is 6.95. The Balaban J connectivity index is 1.98. The predicted octanol–water partition coefficient (Wildman–Crippen LogP) is 2.51. The number of nitrogens with one attached hydrogen (secondary N) is 2. The summed E-state index contributed by atoms with van der Waals surface area (Å²) in [5.41, 5.74) is 2.33. The zero-order chi connectivity index (χ0) is 14.5. The molecule has 0 atom stereocenters. The highest BCUT2D eigenvalue weighted by Gasteiger charge is 2.18. The Kier molecular flexibility index (Phi) is 4.73. The molecule has 1 aromatic heterocycles. The minimum Gasteiger partial charge on any atom is -0.370 e. The van der Waals surface area contributed by atoms with E-state index < -0.39 is 4.92 Å². The molecule has 0 aromatic carbocycles. The van der Waals surface area contributed by atoms with Gasteiger partial charge in [-0.2, -0.15) is 0 Å². The van der Waals surface area contributed by atoms with E-state index in [0.29, 0.717) is 17.6 Å². The fourth-order valence-electron chi connectivity index (χ4n) is 2.57. The summed E-state index contributed by atoms with van der Waals surface area (Å²) in [4.78, 5) is 14.6. The number of nitrogens with zero attached hydrogens (tertiary/aromatic N) is 2. The summed E-state index contributed by atoms with van der Waals surface area (Å²) in [6, 6.07) is 2.75. The quantitative estimate of drug-likeness (QED) is 0.434. The second kappa shape index (κ2) is 6.51. The van der Waals surface area contributed by atoms with Gasteiger partial charge in [-0.1, -0.05) is 19.8 Å². The molecular formula is C13H21N5O2. The monoisotopic (exact) mass is 279 g/mol. The SMILES string of the molecule is CC1CCC(CNc2cc([N+](=O)[O-])cc(NN)n2)CC1. The molecule has 4 N–H and O–H groups in total. The Morgan fingerprint density at radius 3 is 2.60 bits per heavy atom. The van der Waals surface area contributed by atoms with E-state index in [4.69, 9.17) is 5.84 Å². The highest BCUT2D eigenvalue weighted by Crippen LogP contribution is 2.28. The van der Waals surface area contributed by atoms with Crippen LogP contribution in [0.2, 0.25) is 0 Å². The van der Waals surface area contributed by atoms with Crippen LogP contribution in [0.1, 0.15) is 32.6 Å². The Bertz CT molecular complexity index is 472. The number of nitro groups is 1. The van der Waals surface area contributed by atoms with Crippen molar-refractivity contribution in [2.45, 2.75) is 32.6 Å². The zero-order valence-electron chi connectivity index (χ0n) is 11.6. The van der Waals surface area contributed by atoms with Gasteiger partial charge in [-0.15, -0.1) is 0 Å². The van der Waals surface area contributed by atoms with Crippen molar-refractivity contribution in [2.24, 2.45) is 17.7 Å². The Labute approximate surface area is 118 Å². The molecule has 0 aliphatic heterocycles. The van der Waals surface area contributed by atoms with E-state index in [9.17, 15) is 10.1 Å². The summed E-state index contributed by atoms with van der Waals surface area (Å²) in [6.07, 6.45) is 4.91. The summed E-state index contributed by atoms with van der Waals surface area (Å²) in [6.45, 7) is 3.08. The fourth-order valence-corrected chi connectivity index (χ4v) is 2.57. The van der Waals surface area contributed by atoms with Crippen LogP contribution in [0.25, 0.3) is 0 Å². The topological polar surface area (TPSA) is 106 Å². The van der Waals surface area contributed by atoms with Crippen molar-refractivity contribution >= 4 is 17.3 Å². The molecule has 2 rings (SSSR count). The van der Waals surface area contributed by atoms with Crippen LogP contribution in [0, 0.1) is 22.0 Å². The van der Waals surface area contributed by atoms with E-state index in [2.05, 4.69) is 22.7 Å². The predicted molar refractivity (Wildman–Crippen MR) is 78.3 cm³/mol. The van der Waals surface area contributed by atoms with Crippen molar-refractivity contribution in [1.29, 1.82) is 0 Å². The van der Waals surface area contributed by atoms with Gasteiger partial charge in [-0.3, -0.25) is 10.1 Å². The molecule has 20 heavy (non-hydrogen) atoms. The van der Waals surface area contributed by atoms with Gasteiger partial charge >= 0.3 is 0 Å². The van der Waals surface area contributed by atoms with Crippen LogP contribution in [0.15, 0.2) is 12.1 Å². The first-order chi connectivity index (χ1) is 9.58. The summed E-state index contributed by atoms with van der Waals surface area (Å²) in [7, 11) is 0. The molecule has 1 heterocycles. The number of nitrogen functional groups attached to an aromatic ring is 1. The lowest BCUT2D eigenvalue weighted by molar-refractivity contribution is -0.384. The largest absolute Gasteiger partial charge is 0.370 e. The molecule has 0 spiro atoms. The first kappa shape index (κ1) is 14.5. The minimum absolute atomic E-state index is 0.0206. The molecule has 1 aliphatic carbocycles. The van der Waals surface area contributed by atoms with Gasteiger partial charge in [-0.05, 0) is 24.7 Å². The second-order valence-electron chi connectivity index (χ2n) is 5.50. The van der Waals surface area contributed by atoms with Gasteiger partial charge in [0.1, 0.15) is 11.6 Å². The Morgan fingerprint density at radius 2 is 2.00 bits per heavy atom. The molecule has 7 heteroatoms. The molecule has 0 radical (unpaired) electrons. The standard InChI is InChI=1S/C13H21N5O2/c1-9-2-4-10(5-3-9)8-15-12-6-11(18(19)20)7-13(16-12)17-14/h6-7,9-10H,2-5,8,14H2,1H3,(H2,15,16,17). The van der Waals surface area contributed by atoms with Crippen LogP contribution in [0.4, 0.5) is 17.3 Å². The molecule has 0 bridgehead atoms. The van der Waals surface area contributed by atoms with E-state index in [1.807, 2.05) is 0 Å². The average Bonchev–Trinajstić information content (AvgIpc) is 2.46. The zero-order valence-corrected chi connectivity index (χ0v) is 11.6. The summed E-state index contributed by atoms with van der Waals surface area (Å²) in [5.74, 6) is 7.49. The van der Waals surface area contributed by atoms with Crippen molar-refractivity contribution in [1.82, 2.24) is 4.98 Å². The lowest BCUT2D eigenvalue weighted by atomic mass is 9.83. The van der Waals surface area contributed by atoms with E-state index >= 15 is 0 Å². The number of rotatable bonds is 5. The third kappa shape index (κ3) is 3.80. The Hall–Kier alpha value is -1.89. The highest BCUT2D eigenvalue weighted by molar-refractivity contribution is 5.54. The second-order valence-corrected chi connectivity index (χ2v) is 5.50. The normalized spacial score (nSPS) is 22.3. The fraction of sp³-hybridized carbons (Fsp3) is 0.615. The van der Waals surface area contributed by atoms with Crippen LogP contribution < -0.4 is 16.6 Å². The minimum atomic E-state index is -0.448. The van der Waals surface area contributed by atoms with Crippen LogP contribution >= 0.6 is 0 Å². The maximum Gasteiger partial charge on any atom is 0.276 e. The van der Waals surface area contributed by atoms with Gasteiger partial charge in [0.25, 0.3) is 5.69 Å². The van der Waals surface area contributed by atoms with Gasteiger partial charge in [0.05, 0.1) is 17.1 Å². The van der Waals surface area contributed by atoms with E-state index in [1.54, 1.807) is 0 Å². The van der Waals surface area contributed by atoms with Gasteiger partial charge in [0.15, 0.2) is 0 Å². The van der Waals surface area contributed by atoms with Crippen LogP contribution in [0.5, 0.6) is 0 Å². The molecule has 1 saturated carbocycles. The molecule has 0 saturated heterocycles. The molecule has 1 aliphatic rings. The lowest BCUT2D eigenvalue weighted by Crippen LogP contribution is -2.21. The van der Waals surface area contributed by atoms with Crippen LogP contribution in [-0.4, -0.2) is 16.5 Å². The molecule has 7 nitrogen and oxygen atoms in total. The van der Waals surface area contributed by atoms with Gasteiger partial charge in [-0.25, -0.2) is 10.8 Å². The van der Waals surface area contributed by atoms with Crippen molar-refractivity contribution in [3.05, 3.63) is 22.2 Å². The molecule has 1 fully saturated rings. The number of hydrogen-bond acceptors (Lipinski definition) is 6. The number of hydrogen-bond donors (Lipinski definition) is 3. The highest BCUT2D eigenvalue weighted by atomic mass is 16.6. The smallest absolute Gasteiger partial charge is 0.276 e. The van der Waals surface area contributed by atoms with Gasteiger partial charge < -0.3 is 10.7 Å². The molecule has 1 aromatic rings. The van der Waals surface area contributed by atoms with Gasteiger partial charge in [0.2, 0.25) is 0 Å². The number of hydrazine groups is 1. The molecule has 0 amide bonds. The van der Waals surface area contributed by atoms with Crippen molar-refractivity contribution in [3.63, 3.8) is 0 Å². The summed E-state index contributed by atoms with van der Waals surface area (Å²) >= 11 is 0. The Morgan fingerprint density at radius 1 is 1.35 bits per heavy atom. The number of pyridine rings is 1. The lowest BCUT2D eigenvalue weighted by Gasteiger charge is -2.26. The van der Waals surface area contributed by atoms with Crippen LogP contribution in [0.3, 0.4) is 0 Å². The van der Waals surface area contributed by atoms with E-state index in [1.165, 1.54) is 37.8 Å². The average molecular weight is 279 g/mol. The third-order valence-corrected chi connectivity index (χ3v) is 3.88. The van der Waals surface area contributed by atoms with Crippen LogP contribution in [-0.2, 0) is 0 Å². The summed E-state index contributed by atoms with van der Waals surface area (Å²) in [5, 5.41) is 14.0. The number of anilines is 2. The van der Waals surface area contributed by atoms with Crippen molar-refractivity contribution in [2.75, 3.05) is 17.3 Å². The summed E-state index contributed by atoms with van der Waals surface area (Å²) < 4.78 is 0. The van der Waals surface area contributed by atoms with Crippen molar-refractivity contribution < 1.29 is 4.92 Å². The van der Waals surface area contributed by atoms with E-state index in [-0.39, 0.29) is 5.69 Å². The molecule has 0 unspecified atom stereocenters. The maximum atomic E-state index is 10.8. The number of aromatic nitrogens is 1. The van der Waals surface area contributed by atoms with Crippen molar-refractivity contribution in [3.8, 4) is 0 Å². The third-order valence-electron chi connectivity index (χ3n) is 3.88. The number of nitrogens with two attached hydrogens (primary N) is 1. The first-order valence-electron chi connectivity index (χ1n) is 6.95. The van der Waals surface area contributed by atoms with E-state index in [0.717, 1.165) is 12.5 Å². The van der Waals surface area contributed by atoms with Gasteiger partial charge in [0, 0.05) is 6.54 Å². The maximum absolute atomic E-state index is 10.8. The molecular weight excluding hydrogens is 258 g/mol.